The van der Waals surface area contributed by atoms with Gasteiger partial charge in [0.2, 0.25) is 0 Å². The fourth-order valence-electron chi connectivity index (χ4n) is 3.93. The smallest absolute Gasteiger partial charge is 0.116 e. The molecule has 0 spiro atoms. The monoisotopic (exact) mass is 422 g/mol. The Bertz CT molecular complexity index is 1570. The van der Waals surface area contributed by atoms with Crippen LogP contribution in [0.15, 0.2) is 61.3 Å². The first-order valence-corrected chi connectivity index (χ1v) is 10.8. The van der Waals surface area contributed by atoms with Gasteiger partial charge in [0.15, 0.2) is 0 Å². The molecule has 31 heavy (non-hydrogen) atoms. The van der Waals surface area contributed by atoms with Crippen LogP contribution in [0.5, 0.6) is 0 Å². The second-order valence-corrected chi connectivity index (χ2v) is 8.97. The van der Waals surface area contributed by atoms with Crippen LogP contribution in [0.4, 0.5) is 0 Å². The quantitative estimate of drug-likeness (QED) is 0.371. The highest BCUT2D eigenvalue weighted by molar-refractivity contribution is 7.15. The van der Waals surface area contributed by atoms with Crippen LogP contribution in [0.2, 0.25) is 0 Å². The third kappa shape index (κ3) is 3.02. The molecule has 6 rings (SSSR count). The van der Waals surface area contributed by atoms with E-state index < -0.39 is 0 Å². The molecule has 0 aliphatic rings. The van der Waals surface area contributed by atoms with Crippen LogP contribution in [0.25, 0.3) is 54.9 Å². The first-order valence-electron chi connectivity index (χ1n) is 9.96. The highest BCUT2D eigenvalue weighted by Gasteiger charge is 2.15. The summed E-state index contributed by atoms with van der Waals surface area (Å²) in [7, 11) is 0. The van der Waals surface area contributed by atoms with Crippen LogP contribution in [-0.4, -0.2) is 30.1 Å². The predicted octanol–water partition coefficient (Wildman–Crippen LogP) is 5.91. The van der Waals surface area contributed by atoms with E-state index in [1.54, 1.807) is 11.3 Å². The van der Waals surface area contributed by atoms with Gasteiger partial charge in [-0.3, -0.25) is 20.1 Å². The van der Waals surface area contributed by atoms with Crippen LogP contribution in [0.3, 0.4) is 0 Å². The first-order chi connectivity index (χ1) is 15.2. The average molecular weight is 423 g/mol. The molecule has 2 N–H and O–H groups in total. The van der Waals surface area contributed by atoms with Crippen molar-refractivity contribution >= 4 is 33.1 Å². The third-order valence-electron chi connectivity index (χ3n) is 5.42. The van der Waals surface area contributed by atoms with Crippen molar-refractivity contribution in [3.8, 4) is 33.1 Å². The number of aromatic amines is 2. The van der Waals surface area contributed by atoms with E-state index in [2.05, 4.69) is 67.4 Å². The Morgan fingerprint density at radius 1 is 0.839 bits per heavy atom. The van der Waals surface area contributed by atoms with Gasteiger partial charge in [-0.15, -0.1) is 11.3 Å². The molecule has 0 aliphatic carbocycles. The van der Waals surface area contributed by atoms with E-state index in [1.165, 1.54) is 9.75 Å². The van der Waals surface area contributed by atoms with Crippen LogP contribution in [-0.2, 0) is 0 Å². The van der Waals surface area contributed by atoms with Crippen molar-refractivity contribution in [2.75, 3.05) is 0 Å². The van der Waals surface area contributed by atoms with Crippen molar-refractivity contribution < 1.29 is 0 Å². The van der Waals surface area contributed by atoms with Gasteiger partial charge in [-0.25, -0.2) is 0 Å². The Kier molecular flexibility index (Phi) is 3.97. The van der Waals surface area contributed by atoms with Gasteiger partial charge >= 0.3 is 0 Å². The number of thiophene rings is 1. The maximum atomic E-state index is 4.59. The number of pyridine rings is 3. The number of fused-ring (bicyclic) bond motifs is 2. The van der Waals surface area contributed by atoms with E-state index in [0.29, 0.717) is 0 Å². The maximum absolute atomic E-state index is 4.59. The van der Waals surface area contributed by atoms with Gasteiger partial charge in [-0.05, 0) is 49.7 Å². The lowest BCUT2D eigenvalue weighted by Gasteiger charge is -2.02. The van der Waals surface area contributed by atoms with Gasteiger partial charge in [0.25, 0.3) is 0 Å². The largest absolute Gasteiger partial charge is 0.352 e. The van der Waals surface area contributed by atoms with E-state index in [0.717, 1.165) is 55.6 Å². The summed E-state index contributed by atoms with van der Waals surface area (Å²) < 4.78 is 0. The number of aromatic nitrogens is 6. The van der Waals surface area contributed by atoms with E-state index in [1.807, 2.05) is 37.9 Å². The molecule has 0 radical (unpaired) electrons. The molecule has 150 valence electrons. The highest BCUT2D eigenvalue weighted by Crippen LogP contribution is 2.36. The zero-order valence-corrected chi connectivity index (χ0v) is 17.8. The molecule has 0 bridgehead atoms. The fourth-order valence-corrected chi connectivity index (χ4v) is 4.82. The van der Waals surface area contributed by atoms with Crippen molar-refractivity contribution in [1.82, 2.24) is 30.1 Å². The summed E-state index contributed by atoms with van der Waals surface area (Å²) in [6.45, 7) is 4.15. The molecule has 0 aliphatic heterocycles. The standard InChI is InChI=1S/C24H18N6S/c1-13-5-15(9-25-8-13)19-7-17-22(12-27-19)29-30-24(17)20-6-16-18(10-26-11-21(16)28-20)23-4-3-14(2)31-23/h3-12,28H,1-2H3,(H,29,30). The third-order valence-corrected chi connectivity index (χ3v) is 6.46. The fraction of sp³-hybridized carbons (Fsp3) is 0.0833. The van der Waals surface area contributed by atoms with Gasteiger partial charge in [-0.2, -0.15) is 5.10 Å². The number of hydrogen-bond acceptors (Lipinski definition) is 5. The second-order valence-electron chi connectivity index (χ2n) is 7.68. The summed E-state index contributed by atoms with van der Waals surface area (Å²) in [5, 5.41) is 9.85. The molecule has 6 aromatic rings. The maximum Gasteiger partial charge on any atom is 0.116 e. The lowest BCUT2D eigenvalue weighted by Crippen LogP contribution is -1.86. The van der Waals surface area contributed by atoms with Crippen molar-refractivity contribution in [2.45, 2.75) is 13.8 Å². The van der Waals surface area contributed by atoms with Gasteiger partial charge < -0.3 is 4.98 Å². The first kappa shape index (κ1) is 18.0. The topological polar surface area (TPSA) is 83.1 Å². The van der Waals surface area contributed by atoms with Gasteiger partial charge in [-0.1, -0.05) is 0 Å². The molecule has 6 nitrogen and oxygen atoms in total. The molecule has 6 aromatic heterocycles. The Hall–Kier alpha value is -3.84. The summed E-state index contributed by atoms with van der Waals surface area (Å²) in [4.78, 5) is 19.3. The molecular formula is C24H18N6S. The van der Waals surface area contributed by atoms with Gasteiger partial charge in [0.05, 0.1) is 34.8 Å². The lowest BCUT2D eigenvalue weighted by atomic mass is 10.1. The second kappa shape index (κ2) is 6.85. The summed E-state index contributed by atoms with van der Waals surface area (Å²) in [6, 6.07) is 10.6. The molecule has 0 fully saturated rings. The highest BCUT2D eigenvalue weighted by atomic mass is 32.1. The summed E-state index contributed by atoms with van der Waals surface area (Å²) in [5.41, 5.74) is 7.80. The number of nitrogens with one attached hydrogen (secondary N) is 2. The minimum atomic E-state index is 0.865. The number of hydrogen-bond donors (Lipinski definition) is 2. The molecule has 0 saturated carbocycles. The summed E-state index contributed by atoms with van der Waals surface area (Å²) in [6.07, 6.45) is 9.30. The molecule has 0 unspecified atom stereocenters. The lowest BCUT2D eigenvalue weighted by molar-refractivity contribution is 1.11. The Morgan fingerprint density at radius 3 is 2.58 bits per heavy atom. The van der Waals surface area contributed by atoms with Crippen LogP contribution >= 0.6 is 11.3 Å². The van der Waals surface area contributed by atoms with E-state index in [-0.39, 0.29) is 0 Å². The van der Waals surface area contributed by atoms with E-state index >= 15 is 0 Å². The minimum absolute atomic E-state index is 0.865. The van der Waals surface area contributed by atoms with Crippen LogP contribution in [0, 0.1) is 13.8 Å². The number of nitrogens with zero attached hydrogens (tertiary/aromatic N) is 4. The average Bonchev–Trinajstić information content (AvgIpc) is 3.50. The van der Waals surface area contributed by atoms with E-state index in [4.69, 9.17) is 0 Å². The minimum Gasteiger partial charge on any atom is -0.352 e. The molecule has 6 heterocycles. The van der Waals surface area contributed by atoms with Gasteiger partial charge in [0.1, 0.15) is 5.69 Å². The zero-order chi connectivity index (χ0) is 20.9. The Balaban J connectivity index is 1.51. The SMILES string of the molecule is Cc1cncc(-c2cc3c(-c4cc5c(-c6ccc(C)s6)cncc5[nH]4)n[nH]c3cn2)c1. The van der Waals surface area contributed by atoms with Gasteiger partial charge in [0, 0.05) is 50.2 Å². The molecular weight excluding hydrogens is 404 g/mol. The summed E-state index contributed by atoms with van der Waals surface area (Å²) >= 11 is 1.78. The Labute approximate surface area is 182 Å². The normalized spacial score (nSPS) is 11.5. The van der Waals surface area contributed by atoms with E-state index in [9.17, 15) is 0 Å². The molecule has 0 amide bonds. The van der Waals surface area contributed by atoms with Crippen molar-refractivity contribution in [1.29, 1.82) is 0 Å². The predicted molar refractivity (Wildman–Crippen MR) is 125 cm³/mol. The number of aryl methyl sites for hydroxylation is 2. The molecule has 0 saturated heterocycles. The molecule has 0 atom stereocenters. The molecule has 7 heteroatoms. The van der Waals surface area contributed by atoms with Crippen molar-refractivity contribution in [3.63, 3.8) is 0 Å². The van der Waals surface area contributed by atoms with Crippen molar-refractivity contribution in [3.05, 3.63) is 71.8 Å². The number of rotatable bonds is 3. The number of H-pyrrole nitrogens is 2. The summed E-state index contributed by atoms with van der Waals surface area (Å²) in [5.74, 6) is 0. The van der Waals surface area contributed by atoms with Crippen molar-refractivity contribution in [2.24, 2.45) is 0 Å². The van der Waals surface area contributed by atoms with Crippen LogP contribution in [0.1, 0.15) is 10.4 Å². The van der Waals surface area contributed by atoms with Crippen LogP contribution < -0.4 is 0 Å². The Morgan fingerprint density at radius 2 is 1.74 bits per heavy atom. The molecule has 0 aromatic carbocycles. The zero-order valence-electron chi connectivity index (χ0n) is 17.0.